The monoisotopic (exact) mass is 214 g/mol. The fraction of sp³-hybridized carbons (Fsp3) is 0.286. The highest BCUT2D eigenvalue weighted by Gasteiger charge is 2.28. The number of rotatable bonds is 0. The van der Waals surface area contributed by atoms with Crippen LogP contribution in [0.25, 0.3) is 0 Å². The van der Waals surface area contributed by atoms with Gasteiger partial charge in [0, 0.05) is 5.92 Å². The molecule has 1 atom stereocenters. The molecule has 76 valence electrons. The minimum atomic E-state index is 0.665. The van der Waals surface area contributed by atoms with Crippen molar-refractivity contribution in [3.8, 4) is 0 Å². The van der Waals surface area contributed by atoms with Crippen molar-refractivity contribution in [2.75, 3.05) is 0 Å². The van der Waals surface area contributed by atoms with Crippen LogP contribution in [-0.2, 0) is 0 Å². The van der Waals surface area contributed by atoms with Gasteiger partial charge in [-0.2, -0.15) is 0 Å². The SMILES string of the molecule is C1=CCC2C(=C1)SC1=C2/C=C\C/C=C\C1. The molecule has 0 bridgehead atoms. The third kappa shape index (κ3) is 1.65. The van der Waals surface area contributed by atoms with Crippen molar-refractivity contribution in [3.63, 3.8) is 0 Å². The van der Waals surface area contributed by atoms with Crippen molar-refractivity contribution in [2.45, 2.75) is 19.3 Å². The number of thioether (sulfide) groups is 1. The number of hydrogen-bond donors (Lipinski definition) is 0. The third-order valence-electron chi connectivity index (χ3n) is 3.09. The molecule has 0 aromatic heterocycles. The number of hydrogen-bond acceptors (Lipinski definition) is 1. The maximum absolute atomic E-state index is 2.34. The second-order valence-electron chi connectivity index (χ2n) is 4.08. The highest BCUT2D eigenvalue weighted by molar-refractivity contribution is 8.07. The summed E-state index contributed by atoms with van der Waals surface area (Å²) in [6, 6.07) is 0. The van der Waals surface area contributed by atoms with Crippen molar-refractivity contribution in [2.24, 2.45) is 5.92 Å². The lowest BCUT2D eigenvalue weighted by atomic mass is 9.90. The van der Waals surface area contributed by atoms with E-state index in [1.54, 1.807) is 15.4 Å². The van der Waals surface area contributed by atoms with Crippen LogP contribution in [0.5, 0.6) is 0 Å². The molecule has 15 heavy (non-hydrogen) atoms. The summed E-state index contributed by atoms with van der Waals surface area (Å²) in [6.45, 7) is 0. The van der Waals surface area contributed by atoms with Crippen LogP contribution in [0.4, 0.5) is 0 Å². The van der Waals surface area contributed by atoms with Crippen LogP contribution in [0.1, 0.15) is 19.3 Å². The van der Waals surface area contributed by atoms with Gasteiger partial charge in [-0.25, -0.2) is 0 Å². The van der Waals surface area contributed by atoms with Gasteiger partial charge in [0.15, 0.2) is 0 Å². The summed E-state index contributed by atoms with van der Waals surface area (Å²) >= 11 is 1.99. The smallest absolute Gasteiger partial charge is 0.0195 e. The zero-order valence-corrected chi connectivity index (χ0v) is 9.46. The van der Waals surface area contributed by atoms with Gasteiger partial charge in [0.25, 0.3) is 0 Å². The Hall–Kier alpha value is -0.950. The summed E-state index contributed by atoms with van der Waals surface area (Å²) in [5.41, 5.74) is 1.57. The molecule has 0 nitrogen and oxygen atoms in total. The summed E-state index contributed by atoms with van der Waals surface area (Å²) in [4.78, 5) is 3.10. The summed E-state index contributed by atoms with van der Waals surface area (Å²) in [5, 5.41) is 0. The second-order valence-corrected chi connectivity index (χ2v) is 5.25. The largest absolute Gasteiger partial charge is 0.0977 e. The highest BCUT2D eigenvalue weighted by Crippen LogP contribution is 2.50. The lowest BCUT2D eigenvalue weighted by Gasteiger charge is -2.14. The predicted octanol–water partition coefficient (Wildman–Crippen LogP) is 4.35. The van der Waals surface area contributed by atoms with Gasteiger partial charge < -0.3 is 0 Å². The van der Waals surface area contributed by atoms with Crippen molar-refractivity contribution < 1.29 is 0 Å². The Bertz CT molecular complexity index is 419. The fourth-order valence-corrected chi connectivity index (χ4v) is 3.62. The van der Waals surface area contributed by atoms with Crippen LogP contribution in [0.3, 0.4) is 0 Å². The van der Waals surface area contributed by atoms with E-state index in [1.807, 2.05) is 11.8 Å². The first-order valence-corrected chi connectivity index (χ1v) is 6.36. The Kier molecular flexibility index (Phi) is 2.41. The number of allylic oxidation sites excluding steroid dienone is 10. The first-order chi connectivity index (χ1) is 7.45. The maximum atomic E-state index is 2.34. The lowest BCUT2D eigenvalue weighted by Crippen LogP contribution is -2.01. The summed E-state index contributed by atoms with van der Waals surface area (Å²) < 4.78 is 0. The predicted molar refractivity (Wildman–Crippen MR) is 67.5 cm³/mol. The van der Waals surface area contributed by atoms with Gasteiger partial charge in [-0.3, -0.25) is 0 Å². The van der Waals surface area contributed by atoms with E-state index in [9.17, 15) is 0 Å². The quantitative estimate of drug-likeness (QED) is 0.540. The molecule has 1 heteroatoms. The van der Waals surface area contributed by atoms with E-state index in [-0.39, 0.29) is 0 Å². The van der Waals surface area contributed by atoms with Crippen molar-refractivity contribution in [1.82, 2.24) is 0 Å². The van der Waals surface area contributed by atoms with E-state index in [2.05, 4.69) is 42.5 Å². The van der Waals surface area contributed by atoms with Gasteiger partial charge in [0.05, 0.1) is 0 Å². The van der Waals surface area contributed by atoms with Crippen LogP contribution in [0.2, 0.25) is 0 Å². The molecule has 1 heterocycles. The Labute approximate surface area is 95.1 Å². The molecule has 0 spiro atoms. The van der Waals surface area contributed by atoms with E-state index in [0.29, 0.717) is 5.92 Å². The minimum Gasteiger partial charge on any atom is -0.0977 e. The molecule has 0 aromatic rings. The molecule has 0 N–H and O–H groups in total. The molecule has 0 radical (unpaired) electrons. The Morgan fingerprint density at radius 2 is 2.13 bits per heavy atom. The minimum absolute atomic E-state index is 0.665. The normalized spacial score (nSPS) is 32.5. The van der Waals surface area contributed by atoms with Gasteiger partial charge in [0.2, 0.25) is 0 Å². The Morgan fingerprint density at radius 3 is 3.13 bits per heavy atom. The fourth-order valence-electron chi connectivity index (χ4n) is 2.32. The molecular formula is C14H14S. The van der Waals surface area contributed by atoms with Gasteiger partial charge >= 0.3 is 0 Å². The van der Waals surface area contributed by atoms with Crippen molar-refractivity contribution in [3.05, 3.63) is 57.9 Å². The molecule has 0 saturated heterocycles. The van der Waals surface area contributed by atoms with Crippen molar-refractivity contribution >= 4 is 11.8 Å². The van der Waals surface area contributed by atoms with Crippen LogP contribution in [-0.4, -0.2) is 0 Å². The van der Waals surface area contributed by atoms with Crippen molar-refractivity contribution in [1.29, 1.82) is 0 Å². The molecule has 0 aromatic carbocycles. The van der Waals surface area contributed by atoms with E-state index in [0.717, 1.165) is 12.8 Å². The average Bonchev–Trinajstić information content (AvgIpc) is 2.55. The highest BCUT2D eigenvalue weighted by atomic mass is 32.2. The molecule has 3 aliphatic rings. The van der Waals surface area contributed by atoms with Gasteiger partial charge in [-0.15, -0.1) is 0 Å². The lowest BCUT2D eigenvalue weighted by molar-refractivity contribution is 0.777. The Balaban J connectivity index is 1.99. The zero-order chi connectivity index (χ0) is 10.1. The first-order valence-electron chi connectivity index (χ1n) is 5.54. The maximum Gasteiger partial charge on any atom is 0.0195 e. The zero-order valence-electron chi connectivity index (χ0n) is 8.65. The number of fused-ring (bicyclic) bond motifs is 2. The van der Waals surface area contributed by atoms with Gasteiger partial charge in [-0.1, -0.05) is 54.3 Å². The molecule has 0 saturated carbocycles. The van der Waals surface area contributed by atoms with E-state index >= 15 is 0 Å². The molecule has 1 unspecified atom stereocenters. The first kappa shape index (κ1) is 9.29. The van der Waals surface area contributed by atoms with E-state index < -0.39 is 0 Å². The van der Waals surface area contributed by atoms with Crippen LogP contribution >= 0.6 is 11.8 Å². The van der Waals surface area contributed by atoms with Gasteiger partial charge in [-0.05, 0) is 34.6 Å². The van der Waals surface area contributed by atoms with Crippen LogP contribution in [0.15, 0.2) is 57.9 Å². The molecular weight excluding hydrogens is 200 g/mol. The van der Waals surface area contributed by atoms with E-state index in [4.69, 9.17) is 0 Å². The Morgan fingerprint density at radius 1 is 1.13 bits per heavy atom. The molecule has 2 aliphatic carbocycles. The van der Waals surface area contributed by atoms with Gasteiger partial charge in [0.1, 0.15) is 0 Å². The second kappa shape index (κ2) is 3.90. The summed E-state index contributed by atoms with van der Waals surface area (Å²) in [6.07, 6.45) is 19.3. The average molecular weight is 214 g/mol. The van der Waals surface area contributed by atoms with Crippen LogP contribution < -0.4 is 0 Å². The molecule has 0 amide bonds. The van der Waals surface area contributed by atoms with E-state index in [1.165, 1.54) is 6.42 Å². The third-order valence-corrected chi connectivity index (χ3v) is 4.39. The standard InChI is InChI=1S/C14H14S/c1-2-4-9-13-11(7-3-1)12-8-5-6-10-14(12)15-13/h2-7,10,12H,1,8-9H2/b4-2-,7-3-. The summed E-state index contributed by atoms with van der Waals surface area (Å²) in [7, 11) is 0. The topological polar surface area (TPSA) is 0 Å². The summed E-state index contributed by atoms with van der Waals surface area (Å²) in [5.74, 6) is 0.665. The molecule has 1 aliphatic heterocycles. The van der Waals surface area contributed by atoms with Crippen LogP contribution in [0, 0.1) is 5.92 Å². The molecule has 3 rings (SSSR count). The molecule has 0 fully saturated rings.